The fraction of sp³-hybridized carbons (Fsp3) is 0.333. The van der Waals surface area contributed by atoms with Crippen LogP contribution in [-0.2, 0) is 12.3 Å². The van der Waals surface area contributed by atoms with Gasteiger partial charge in [0.15, 0.2) is 5.75 Å². The van der Waals surface area contributed by atoms with Crippen molar-refractivity contribution in [3.63, 3.8) is 0 Å². The molecule has 0 aliphatic heterocycles. The van der Waals surface area contributed by atoms with E-state index < -0.39 is 12.1 Å². The zero-order chi connectivity index (χ0) is 13.1. The molecule has 1 aromatic rings. The molecule has 0 aromatic carbocycles. The van der Waals surface area contributed by atoms with Crippen molar-refractivity contribution in [3.8, 4) is 11.8 Å². The molecule has 1 rings (SSSR count). The molecular weight excluding hydrogens is 371 g/mol. The lowest BCUT2D eigenvalue weighted by molar-refractivity contribution is -0.275. The van der Waals surface area contributed by atoms with Crippen molar-refractivity contribution in [2.75, 3.05) is 0 Å². The number of alkyl halides is 4. The van der Waals surface area contributed by atoms with Gasteiger partial charge in [0.25, 0.3) is 0 Å². The summed E-state index contributed by atoms with van der Waals surface area (Å²) in [4.78, 5) is 3.75. The first-order valence-corrected chi connectivity index (χ1v) is 5.85. The van der Waals surface area contributed by atoms with Crippen LogP contribution in [0.25, 0.3) is 0 Å². The van der Waals surface area contributed by atoms with Gasteiger partial charge in [-0.2, -0.15) is 5.26 Å². The van der Waals surface area contributed by atoms with Crippen LogP contribution in [0.5, 0.6) is 5.75 Å². The molecule has 0 bridgehead atoms. The van der Waals surface area contributed by atoms with E-state index in [0.717, 1.165) is 6.20 Å². The maximum Gasteiger partial charge on any atom is 0.573 e. The van der Waals surface area contributed by atoms with Gasteiger partial charge in [-0.25, -0.2) is 0 Å². The van der Waals surface area contributed by atoms with Crippen LogP contribution in [0.15, 0.2) is 6.20 Å². The van der Waals surface area contributed by atoms with Gasteiger partial charge in [-0.3, -0.25) is 4.98 Å². The minimum absolute atomic E-state index is 0.00839. The molecule has 0 aliphatic carbocycles. The predicted octanol–water partition coefficient (Wildman–Crippen LogP) is 3.39. The van der Waals surface area contributed by atoms with Crippen LogP contribution in [0.2, 0.25) is 0 Å². The fourth-order valence-corrected chi connectivity index (χ4v) is 2.37. The second kappa shape index (κ2) is 5.73. The van der Waals surface area contributed by atoms with Gasteiger partial charge in [-0.1, -0.05) is 0 Å². The Morgan fingerprint density at radius 1 is 1.53 bits per heavy atom. The molecule has 1 heterocycles. The van der Waals surface area contributed by atoms with Gasteiger partial charge in [0.1, 0.15) is 0 Å². The zero-order valence-electron chi connectivity index (χ0n) is 8.18. The van der Waals surface area contributed by atoms with E-state index in [1.165, 1.54) is 0 Å². The molecule has 17 heavy (non-hydrogen) atoms. The monoisotopic (exact) mass is 376 g/mol. The third kappa shape index (κ3) is 3.89. The lowest BCUT2D eigenvalue weighted by Crippen LogP contribution is -2.19. The Bertz CT molecular complexity index is 459. The molecule has 0 unspecified atom stereocenters. The molecule has 0 spiro atoms. The topological polar surface area (TPSA) is 45.9 Å². The molecule has 0 amide bonds. The lowest BCUT2D eigenvalue weighted by atomic mass is 10.2. The third-order valence-electron chi connectivity index (χ3n) is 1.76. The van der Waals surface area contributed by atoms with Crippen LogP contribution in [0.3, 0.4) is 0 Å². The average Bonchev–Trinajstić information content (AvgIpc) is 2.21. The first-order chi connectivity index (χ1) is 7.89. The number of nitrogens with zero attached hydrogens (tertiary/aromatic N) is 2. The number of pyridine rings is 1. The first-order valence-electron chi connectivity index (χ1n) is 4.24. The summed E-state index contributed by atoms with van der Waals surface area (Å²) in [5.41, 5.74) is 0.572. The summed E-state index contributed by atoms with van der Waals surface area (Å²) < 4.78 is 40.5. The molecule has 92 valence electrons. The molecule has 1 aromatic heterocycles. The van der Waals surface area contributed by atoms with E-state index in [1.807, 2.05) is 6.07 Å². The summed E-state index contributed by atoms with van der Waals surface area (Å²) >= 11 is 7.37. The normalized spacial score (nSPS) is 11.1. The highest BCUT2D eigenvalue weighted by atomic mass is 127. The van der Waals surface area contributed by atoms with Gasteiger partial charge in [0.05, 0.1) is 30.3 Å². The number of ether oxygens (including phenoxy) is 1. The summed E-state index contributed by atoms with van der Waals surface area (Å²) in [6.07, 6.45) is -3.85. The van der Waals surface area contributed by atoms with Crippen LogP contribution in [-0.4, -0.2) is 11.3 Å². The fourth-order valence-electron chi connectivity index (χ4n) is 1.09. The second-order valence-corrected chi connectivity index (χ2v) is 4.22. The maximum absolute atomic E-state index is 12.1. The number of hydrogen-bond donors (Lipinski definition) is 0. The number of hydrogen-bond acceptors (Lipinski definition) is 3. The predicted molar refractivity (Wildman–Crippen MR) is 62.5 cm³/mol. The highest BCUT2D eigenvalue weighted by Crippen LogP contribution is 2.31. The van der Waals surface area contributed by atoms with Crippen molar-refractivity contribution in [1.82, 2.24) is 4.98 Å². The van der Waals surface area contributed by atoms with Gasteiger partial charge in [-0.15, -0.1) is 24.8 Å². The molecule has 8 heteroatoms. The minimum atomic E-state index is -4.79. The van der Waals surface area contributed by atoms with Crippen molar-refractivity contribution >= 4 is 34.2 Å². The van der Waals surface area contributed by atoms with Crippen molar-refractivity contribution in [3.05, 3.63) is 21.0 Å². The molecule has 0 saturated carbocycles. The number of rotatable bonds is 3. The zero-order valence-corrected chi connectivity index (χ0v) is 11.1. The van der Waals surface area contributed by atoms with E-state index in [-0.39, 0.29) is 17.9 Å². The summed E-state index contributed by atoms with van der Waals surface area (Å²) in [5.74, 6) is -0.580. The summed E-state index contributed by atoms with van der Waals surface area (Å²) in [7, 11) is 0. The number of aromatic nitrogens is 1. The van der Waals surface area contributed by atoms with Crippen LogP contribution >= 0.6 is 34.2 Å². The Morgan fingerprint density at radius 2 is 2.18 bits per heavy atom. The Balaban J connectivity index is 3.17. The highest BCUT2D eigenvalue weighted by molar-refractivity contribution is 14.1. The van der Waals surface area contributed by atoms with Gasteiger partial charge >= 0.3 is 6.36 Å². The van der Waals surface area contributed by atoms with E-state index in [2.05, 4.69) is 9.72 Å². The smallest absolute Gasteiger partial charge is 0.404 e. The molecule has 0 radical (unpaired) electrons. The van der Waals surface area contributed by atoms with E-state index in [9.17, 15) is 13.2 Å². The van der Waals surface area contributed by atoms with E-state index >= 15 is 0 Å². The van der Waals surface area contributed by atoms with Crippen LogP contribution in [0, 0.1) is 14.9 Å². The average molecular weight is 377 g/mol. The van der Waals surface area contributed by atoms with Gasteiger partial charge < -0.3 is 4.74 Å². The quantitative estimate of drug-likeness (QED) is 0.600. The summed E-state index contributed by atoms with van der Waals surface area (Å²) in [6.45, 7) is 0. The van der Waals surface area contributed by atoms with Crippen LogP contribution in [0.4, 0.5) is 13.2 Å². The van der Waals surface area contributed by atoms with Gasteiger partial charge in [0, 0.05) is 9.13 Å². The van der Waals surface area contributed by atoms with Crippen LogP contribution < -0.4 is 4.74 Å². The molecule has 3 nitrogen and oxygen atoms in total. The molecule has 0 N–H and O–H groups in total. The standard InChI is InChI=1S/C9H5ClF3IN2O/c10-3-5-7(17-9(11,12)13)4-16-6(1-2-15)8(5)14/h4H,1,3H2. The van der Waals surface area contributed by atoms with E-state index in [4.69, 9.17) is 16.9 Å². The Hall–Kier alpha value is -0.750. The Kier molecular flexibility index (Phi) is 4.82. The molecule has 0 aliphatic rings. The number of halogens is 5. The SMILES string of the molecule is N#CCc1ncc(OC(F)(F)F)c(CCl)c1I. The van der Waals surface area contributed by atoms with Crippen molar-refractivity contribution < 1.29 is 17.9 Å². The van der Waals surface area contributed by atoms with Gasteiger partial charge in [0.2, 0.25) is 0 Å². The number of nitriles is 1. The summed E-state index contributed by atoms with van der Waals surface area (Å²) in [5, 5.41) is 8.53. The highest BCUT2D eigenvalue weighted by Gasteiger charge is 2.32. The van der Waals surface area contributed by atoms with E-state index in [0.29, 0.717) is 9.26 Å². The van der Waals surface area contributed by atoms with Crippen molar-refractivity contribution in [2.24, 2.45) is 0 Å². The van der Waals surface area contributed by atoms with Crippen molar-refractivity contribution in [2.45, 2.75) is 18.7 Å². The Labute approximate surface area is 114 Å². The molecule has 0 atom stereocenters. The summed E-state index contributed by atoms with van der Waals surface area (Å²) in [6, 6.07) is 1.87. The maximum atomic E-state index is 12.1. The minimum Gasteiger partial charge on any atom is -0.404 e. The Morgan fingerprint density at radius 3 is 2.65 bits per heavy atom. The largest absolute Gasteiger partial charge is 0.573 e. The van der Waals surface area contributed by atoms with Gasteiger partial charge in [-0.05, 0) is 22.6 Å². The molecule has 0 fully saturated rings. The second-order valence-electron chi connectivity index (χ2n) is 2.88. The lowest BCUT2D eigenvalue weighted by Gasteiger charge is -2.14. The van der Waals surface area contributed by atoms with Crippen molar-refractivity contribution in [1.29, 1.82) is 5.26 Å². The third-order valence-corrected chi connectivity index (χ3v) is 3.30. The van der Waals surface area contributed by atoms with Crippen LogP contribution in [0.1, 0.15) is 11.3 Å². The first kappa shape index (κ1) is 14.3. The molecular formula is C9H5ClF3IN2O. The molecule has 0 saturated heterocycles. The van der Waals surface area contributed by atoms with E-state index in [1.54, 1.807) is 22.6 Å².